The van der Waals surface area contributed by atoms with Crippen LogP contribution in [0.5, 0.6) is 0 Å². The number of methoxy groups -OCH3 is 1. The number of nitrogens with one attached hydrogen (secondary N) is 1. The predicted molar refractivity (Wildman–Crippen MR) is 68.7 cm³/mol. The summed E-state index contributed by atoms with van der Waals surface area (Å²) in [6.45, 7) is 2.75. The van der Waals surface area contributed by atoms with E-state index in [9.17, 15) is 4.39 Å². The molecule has 0 heterocycles. The molecule has 1 aromatic rings. The highest BCUT2D eigenvalue weighted by molar-refractivity contribution is 5.15. The highest BCUT2D eigenvalue weighted by Gasteiger charge is 1.95. The molecule has 1 aromatic carbocycles. The zero-order chi connectivity index (χ0) is 12.3. The summed E-state index contributed by atoms with van der Waals surface area (Å²) in [7, 11) is 1.71. The van der Waals surface area contributed by atoms with Gasteiger partial charge in [0.25, 0.3) is 0 Å². The molecule has 0 radical (unpaired) electrons. The van der Waals surface area contributed by atoms with Crippen LogP contribution >= 0.6 is 0 Å². The van der Waals surface area contributed by atoms with Gasteiger partial charge in [-0.3, -0.25) is 0 Å². The summed E-state index contributed by atoms with van der Waals surface area (Å²) in [6.07, 6.45) is 4.60. The van der Waals surface area contributed by atoms with E-state index in [1.807, 2.05) is 12.1 Å². The van der Waals surface area contributed by atoms with Crippen LogP contribution in [0.15, 0.2) is 24.3 Å². The van der Waals surface area contributed by atoms with E-state index in [0.717, 1.165) is 32.5 Å². The summed E-state index contributed by atoms with van der Waals surface area (Å²) < 4.78 is 17.6. The first-order valence-corrected chi connectivity index (χ1v) is 6.27. The smallest absolute Gasteiger partial charge is 0.123 e. The first-order chi connectivity index (χ1) is 8.33. The Labute approximate surface area is 103 Å². The second-order valence-electron chi connectivity index (χ2n) is 4.18. The van der Waals surface area contributed by atoms with Gasteiger partial charge in [0, 0.05) is 13.7 Å². The third-order valence-electron chi connectivity index (χ3n) is 2.72. The topological polar surface area (TPSA) is 21.3 Å². The lowest BCUT2D eigenvalue weighted by Gasteiger charge is -2.04. The van der Waals surface area contributed by atoms with Crippen LogP contribution in [-0.4, -0.2) is 26.8 Å². The van der Waals surface area contributed by atoms with E-state index in [1.54, 1.807) is 7.11 Å². The van der Waals surface area contributed by atoms with Crippen molar-refractivity contribution in [2.45, 2.75) is 25.7 Å². The molecule has 17 heavy (non-hydrogen) atoms. The number of hydrogen-bond donors (Lipinski definition) is 1. The van der Waals surface area contributed by atoms with E-state index in [4.69, 9.17) is 4.74 Å². The Morgan fingerprint density at radius 1 is 1.06 bits per heavy atom. The SMILES string of the molecule is COCCNCCCCCc1ccc(F)cc1. The molecule has 0 amide bonds. The zero-order valence-electron chi connectivity index (χ0n) is 10.5. The van der Waals surface area contributed by atoms with Crippen LogP contribution in [0.2, 0.25) is 0 Å². The molecule has 0 unspecified atom stereocenters. The largest absolute Gasteiger partial charge is 0.383 e. The molecule has 0 atom stereocenters. The van der Waals surface area contributed by atoms with Crippen LogP contribution in [0.4, 0.5) is 4.39 Å². The standard InChI is InChI=1S/C14H22FNO/c1-17-12-11-16-10-4-2-3-5-13-6-8-14(15)9-7-13/h6-9,16H,2-5,10-12H2,1H3. The number of aryl methyl sites for hydroxylation is 1. The van der Waals surface area contributed by atoms with E-state index in [-0.39, 0.29) is 5.82 Å². The average molecular weight is 239 g/mol. The first-order valence-electron chi connectivity index (χ1n) is 6.27. The van der Waals surface area contributed by atoms with Crippen LogP contribution < -0.4 is 5.32 Å². The molecule has 0 saturated carbocycles. The third kappa shape index (κ3) is 7.08. The highest BCUT2D eigenvalue weighted by atomic mass is 19.1. The van der Waals surface area contributed by atoms with Crippen LogP contribution in [0, 0.1) is 5.82 Å². The van der Waals surface area contributed by atoms with Crippen molar-refractivity contribution in [3.63, 3.8) is 0 Å². The number of benzene rings is 1. The monoisotopic (exact) mass is 239 g/mol. The van der Waals surface area contributed by atoms with Gasteiger partial charge in [0.2, 0.25) is 0 Å². The van der Waals surface area contributed by atoms with Crippen LogP contribution in [0.1, 0.15) is 24.8 Å². The summed E-state index contributed by atoms with van der Waals surface area (Å²) in [4.78, 5) is 0. The minimum Gasteiger partial charge on any atom is -0.383 e. The lowest BCUT2D eigenvalue weighted by atomic mass is 10.1. The summed E-state index contributed by atoms with van der Waals surface area (Å²) in [5, 5.41) is 3.32. The van der Waals surface area contributed by atoms with E-state index in [0.29, 0.717) is 0 Å². The molecule has 0 aliphatic carbocycles. The predicted octanol–water partition coefficient (Wildman–Crippen LogP) is 2.77. The lowest BCUT2D eigenvalue weighted by Crippen LogP contribution is -2.20. The second kappa shape index (κ2) is 9.14. The molecular formula is C14H22FNO. The van der Waals surface area contributed by atoms with Gasteiger partial charge in [-0.1, -0.05) is 18.6 Å². The fourth-order valence-corrected chi connectivity index (χ4v) is 1.71. The molecule has 0 aliphatic rings. The Hall–Kier alpha value is -0.930. The van der Waals surface area contributed by atoms with Crippen molar-refractivity contribution in [3.05, 3.63) is 35.6 Å². The molecule has 1 rings (SSSR count). The van der Waals surface area contributed by atoms with Gasteiger partial charge >= 0.3 is 0 Å². The molecule has 0 saturated heterocycles. The Balaban J connectivity index is 1.95. The van der Waals surface area contributed by atoms with Gasteiger partial charge in [0.15, 0.2) is 0 Å². The Bertz CT molecular complexity index is 287. The minimum absolute atomic E-state index is 0.156. The normalized spacial score (nSPS) is 10.7. The zero-order valence-corrected chi connectivity index (χ0v) is 10.5. The van der Waals surface area contributed by atoms with Crippen molar-refractivity contribution in [2.24, 2.45) is 0 Å². The van der Waals surface area contributed by atoms with Gasteiger partial charge in [-0.15, -0.1) is 0 Å². The third-order valence-corrected chi connectivity index (χ3v) is 2.72. The maximum Gasteiger partial charge on any atom is 0.123 e. The van der Waals surface area contributed by atoms with Crippen molar-refractivity contribution in [1.82, 2.24) is 5.32 Å². The summed E-state index contributed by atoms with van der Waals surface area (Å²) in [6, 6.07) is 6.79. The number of hydrogen-bond acceptors (Lipinski definition) is 2. The minimum atomic E-state index is -0.156. The van der Waals surface area contributed by atoms with Gasteiger partial charge in [0.1, 0.15) is 5.82 Å². The quantitative estimate of drug-likeness (QED) is 0.669. The van der Waals surface area contributed by atoms with Crippen LogP contribution in [0.25, 0.3) is 0 Å². The van der Waals surface area contributed by atoms with E-state index in [2.05, 4.69) is 5.32 Å². The van der Waals surface area contributed by atoms with Gasteiger partial charge in [-0.05, 0) is 43.5 Å². The van der Waals surface area contributed by atoms with Crippen molar-refractivity contribution in [2.75, 3.05) is 26.8 Å². The molecular weight excluding hydrogens is 217 g/mol. The summed E-state index contributed by atoms with van der Waals surface area (Å²) in [5.74, 6) is -0.156. The molecule has 0 aromatic heterocycles. The van der Waals surface area contributed by atoms with Crippen molar-refractivity contribution < 1.29 is 9.13 Å². The maximum absolute atomic E-state index is 12.7. The molecule has 0 aliphatic heterocycles. The Morgan fingerprint density at radius 3 is 2.53 bits per heavy atom. The molecule has 1 N–H and O–H groups in total. The van der Waals surface area contributed by atoms with Crippen molar-refractivity contribution >= 4 is 0 Å². The fourth-order valence-electron chi connectivity index (χ4n) is 1.71. The number of rotatable bonds is 9. The summed E-state index contributed by atoms with van der Waals surface area (Å²) in [5.41, 5.74) is 1.22. The van der Waals surface area contributed by atoms with Gasteiger partial charge in [-0.25, -0.2) is 4.39 Å². The number of unbranched alkanes of at least 4 members (excludes halogenated alkanes) is 2. The van der Waals surface area contributed by atoms with Crippen LogP contribution in [0.3, 0.4) is 0 Å². The molecule has 3 heteroatoms. The van der Waals surface area contributed by atoms with E-state index < -0.39 is 0 Å². The Morgan fingerprint density at radius 2 is 1.82 bits per heavy atom. The van der Waals surface area contributed by atoms with Gasteiger partial charge in [-0.2, -0.15) is 0 Å². The van der Waals surface area contributed by atoms with Gasteiger partial charge < -0.3 is 10.1 Å². The van der Waals surface area contributed by atoms with Crippen molar-refractivity contribution in [1.29, 1.82) is 0 Å². The van der Waals surface area contributed by atoms with E-state index in [1.165, 1.54) is 30.5 Å². The number of halogens is 1. The highest BCUT2D eigenvalue weighted by Crippen LogP contribution is 2.07. The van der Waals surface area contributed by atoms with Crippen LogP contribution in [-0.2, 0) is 11.2 Å². The molecule has 0 fully saturated rings. The molecule has 0 bridgehead atoms. The van der Waals surface area contributed by atoms with Gasteiger partial charge in [0.05, 0.1) is 6.61 Å². The second-order valence-corrected chi connectivity index (χ2v) is 4.18. The lowest BCUT2D eigenvalue weighted by molar-refractivity contribution is 0.199. The molecule has 96 valence electrons. The van der Waals surface area contributed by atoms with E-state index >= 15 is 0 Å². The van der Waals surface area contributed by atoms with Crippen molar-refractivity contribution in [3.8, 4) is 0 Å². The average Bonchev–Trinajstić information content (AvgIpc) is 2.35. The molecule has 0 spiro atoms. The first kappa shape index (κ1) is 14.1. The maximum atomic E-state index is 12.7. The summed E-state index contributed by atoms with van der Waals surface area (Å²) >= 11 is 0. The molecule has 2 nitrogen and oxygen atoms in total. The fraction of sp³-hybridized carbons (Fsp3) is 0.571. The number of ether oxygens (including phenoxy) is 1. The Kier molecular flexibility index (Phi) is 7.60.